The third-order valence-corrected chi connectivity index (χ3v) is 4.85. The Balaban J connectivity index is 1.75. The molecule has 0 bridgehead atoms. The number of anilines is 1. The van der Waals surface area contributed by atoms with E-state index in [2.05, 4.69) is 5.32 Å². The van der Waals surface area contributed by atoms with Crippen molar-refractivity contribution in [2.45, 2.75) is 12.3 Å². The molecule has 1 heterocycles. The Kier molecular flexibility index (Phi) is 4.34. The number of hydrogen-bond acceptors (Lipinski definition) is 2. The van der Waals surface area contributed by atoms with E-state index in [9.17, 15) is 9.18 Å². The van der Waals surface area contributed by atoms with Crippen LogP contribution in [0.3, 0.4) is 0 Å². The van der Waals surface area contributed by atoms with Gasteiger partial charge in [0.1, 0.15) is 11.2 Å². The van der Waals surface area contributed by atoms with Crippen LogP contribution in [-0.2, 0) is 0 Å². The highest BCUT2D eigenvalue weighted by Crippen LogP contribution is 2.38. The molecule has 114 valence electrons. The molecule has 1 fully saturated rings. The van der Waals surface area contributed by atoms with Gasteiger partial charge in [-0.15, -0.1) is 11.8 Å². The SMILES string of the molecule is Cc1ccc(NC(=O)N2CCSC2c2cccc(F)c2)cc1. The van der Waals surface area contributed by atoms with Gasteiger partial charge in [0.15, 0.2) is 0 Å². The Bertz CT molecular complexity index is 675. The van der Waals surface area contributed by atoms with Crippen molar-refractivity contribution in [3.8, 4) is 0 Å². The van der Waals surface area contributed by atoms with Crippen molar-refractivity contribution in [3.63, 3.8) is 0 Å². The second-order valence-electron chi connectivity index (χ2n) is 5.27. The van der Waals surface area contributed by atoms with Gasteiger partial charge >= 0.3 is 6.03 Å². The van der Waals surface area contributed by atoms with E-state index in [4.69, 9.17) is 0 Å². The molecule has 2 aromatic rings. The summed E-state index contributed by atoms with van der Waals surface area (Å²) in [5.74, 6) is 0.576. The number of thioether (sulfide) groups is 1. The zero-order chi connectivity index (χ0) is 15.5. The molecule has 0 saturated carbocycles. The minimum atomic E-state index is -0.274. The lowest BCUT2D eigenvalue weighted by atomic mass is 10.2. The molecule has 1 N–H and O–H groups in total. The Hall–Kier alpha value is -2.01. The fourth-order valence-corrected chi connectivity index (χ4v) is 3.69. The van der Waals surface area contributed by atoms with E-state index >= 15 is 0 Å². The molecular weight excluding hydrogens is 299 g/mol. The highest BCUT2D eigenvalue weighted by molar-refractivity contribution is 7.99. The largest absolute Gasteiger partial charge is 0.323 e. The Morgan fingerprint density at radius 2 is 2.05 bits per heavy atom. The molecular formula is C17H17FN2OS. The number of aryl methyl sites for hydroxylation is 1. The van der Waals surface area contributed by atoms with E-state index in [1.807, 2.05) is 37.3 Å². The minimum Gasteiger partial charge on any atom is -0.308 e. The second-order valence-corrected chi connectivity index (χ2v) is 6.46. The standard InChI is InChI=1S/C17H17FN2OS/c1-12-5-7-15(8-6-12)19-17(21)20-9-10-22-16(20)13-3-2-4-14(18)11-13/h2-8,11,16H,9-10H2,1H3,(H,19,21). The number of nitrogens with one attached hydrogen (secondary N) is 1. The van der Waals surface area contributed by atoms with Crippen molar-refractivity contribution in [1.82, 2.24) is 4.90 Å². The first-order valence-corrected chi connectivity index (χ1v) is 8.20. The van der Waals surface area contributed by atoms with Gasteiger partial charge in [0.2, 0.25) is 0 Å². The first-order valence-electron chi connectivity index (χ1n) is 7.15. The van der Waals surface area contributed by atoms with Gasteiger partial charge in [0.25, 0.3) is 0 Å². The summed E-state index contributed by atoms with van der Waals surface area (Å²) in [5, 5.41) is 2.77. The summed E-state index contributed by atoms with van der Waals surface area (Å²) < 4.78 is 13.4. The number of carbonyl (C=O) groups excluding carboxylic acids is 1. The van der Waals surface area contributed by atoms with E-state index in [-0.39, 0.29) is 17.2 Å². The molecule has 5 heteroatoms. The predicted octanol–water partition coefficient (Wildman–Crippen LogP) is 4.41. The van der Waals surface area contributed by atoms with Crippen LogP contribution >= 0.6 is 11.8 Å². The Morgan fingerprint density at radius 3 is 2.77 bits per heavy atom. The van der Waals surface area contributed by atoms with Crippen molar-refractivity contribution in [2.75, 3.05) is 17.6 Å². The summed E-state index contributed by atoms with van der Waals surface area (Å²) in [4.78, 5) is 14.2. The Morgan fingerprint density at radius 1 is 1.27 bits per heavy atom. The zero-order valence-electron chi connectivity index (χ0n) is 12.3. The van der Waals surface area contributed by atoms with Crippen molar-refractivity contribution in [1.29, 1.82) is 0 Å². The fourth-order valence-electron chi connectivity index (χ4n) is 2.45. The molecule has 1 aliphatic heterocycles. The van der Waals surface area contributed by atoms with Crippen LogP contribution in [0.25, 0.3) is 0 Å². The third-order valence-electron chi connectivity index (χ3n) is 3.59. The van der Waals surface area contributed by atoms with Gasteiger partial charge in [0, 0.05) is 18.0 Å². The average molecular weight is 316 g/mol. The quantitative estimate of drug-likeness (QED) is 0.890. The Labute approximate surface area is 133 Å². The molecule has 3 nitrogen and oxygen atoms in total. The number of nitrogens with zero attached hydrogens (tertiary/aromatic N) is 1. The van der Waals surface area contributed by atoms with Crippen LogP contribution in [0.2, 0.25) is 0 Å². The van der Waals surface area contributed by atoms with Crippen LogP contribution < -0.4 is 5.32 Å². The molecule has 1 saturated heterocycles. The number of urea groups is 1. The van der Waals surface area contributed by atoms with Crippen LogP contribution in [0.5, 0.6) is 0 Å². The van der Waals surface area contributed by atoms with Gasteiger partial charge in [-0.1, -0.05) is 29.8 Å². The summed E-state index contributed by atoms with van der Waals surface area (Å²) >= 11 is 1.65. The fraction of sp³-hybridized carbons (Fsp3) is 0.235. The van der Waals surface area contributed by atoms with Gasteiger partial charge in [-0.3, -0.25) is 0 Å². The maximum atomic E-state index is 13.4. The van der Waals surface area contributed by atoms with Gasteiger partial charge in [-0.25, -0.2) is 9.18 Å². The summed E-state index contributed by atoms with van der Waals surface area (Å²) in [6.45, 7) is 2.66. The lowest BCUT2D eigenvalue weighted by Crippen LogP contribution is -2.34. The van der Waals surface area contributed by atoms with Gasteiger partial charge in [0.05, 0.1) is 0 Å². The molecule has 1 unspecified atom stereocenters. The second kappa shape index (κ2) is 6.40. The average Bonchev–Trinajstić information content (AvgIpc) is 2.99. The maximum absolute atomic E-state index is 13.4. The number of rotatable bonds is 2. The summed E-state index contributed by atoms with van der Waals surface area (Å²) in [5.41, 5.74) is 2.74. The summed E-state index contributed by atoms with van der Waals surface area (Å²) in [6, 6.07) is 14.0. The highest BCUT2D eigenvalue weighted by Gasteiger charge is 2.30. The molecule has 0 aliphatic carbocycles. The predicted molar refractivity (Wildman–Crippen MR) is 88.5 cm³/mol. The monoisotopic (exact) mass is 316 g/mol. The van der Waals surface area contributed by atoms with Crippen LogP contribution in [0.15, 0.2) is 48.5 Å². The molecule has 3 rings (SSSR count). The topological polar surface area (TPSA) is 32.3 Å². The van der Waals surface area contributed by atoms with Crippen LogP contribution in [0.4, 0.5) is 14.9 Å². The first kappa shape index (κ1) is 14.9. The number of amides is 2. The van der Waals surface area contributed by atoms with E-state index in [1.54, 1.807) is 22.7 Å². The zero-order valence-corrected chi connectivity index (χ0v) is 13.1. The third kappa shape index (κ3) is 3.25. The highest BCUT2D eigenvalue weighted by atomic mass is 32.2. The lowest BCUT2D eigenvalue weighted by molar-refractivity contribution is 0.214. The van der Waals surface area contributed by atoms with Crippen LogP contribution in [-0.4, -0.2) is 23.2 Å². The number of hydrogen-bond donors (Lipinski definition) is 1. The first-order chi connectivity index (χ1) is 10.6. The molecule has 2 amide bonds. The number of benzene rings is 2. The molecule has 2 aromatic carbocycles. The lowest BCUT2D eigenvalue weighted by Gasteiger charge is -2.24. The molecule has 22 heavy (non-hydrogen) atoms. The van der Waals surface area contributed by atoms with Crippen molar-refractivity contribution < 1.29 is 9.18 Å². The van der Waals surface area contributed by atoms with Crippen molar-refractivity contribution >= 4 is 23.5 Å². The minimum absolute atomic E-state index is 0.138. The summed E-state index contributed by atoms with van der Waals surface area (Å²) in [7, 11) is 0. The molecule has 0 spiro atoms. The molecule has 0 radical (unpaired) electrons. The number of carbonyl (C=O) groups is 1. The van der Waals surface area contributed by atoms with Gasteiger partial charge in [-0.05, 0) is 36.8 Å². The smallest absolute Gasteiger partial charge is 0.308 e. The van der Waals surface area contributed by atoms with Crippen molar-refractivity contribution in [3.05, 3.63) is 65.5 Å². The number of halogens is 1. The van der Waals surface area contributed by atoms with Crippen LogP contribution in [0.1, 0.15) is 16.5 Å². The summed E-state index contributed by atoms with van der Waals surface area (Å²) in [6.07, 6.45) is 0. The van der Waals surface area contributed by atoms with Crippen molar-refractivity contribution in [2.24, 2.45) is 0 Å². The van der Waals surface area contributed by atoms with E-state index in [0.717, 1.165) is 22.6 Å². The van der Waals surface area contributed by atoms with E-state index in [1.165, 1.54) is 12.1 Å². The van der Waals surface area contributed by atoms with E-state index in [0.29, 0.717) is 6.54 Å². The van der Waals surface area contributed by atoms with Gasteiger partial charge < -0.3 is 10.2 Å². The van der Waals surface area contributed by atoms with Crippen LogP contribution in [0, 0.1) is 12.7 Å². The van der Waals surface area contributed by atoms with E-state index < -0.39 is 0 Å². The molecule has 1 atom stereocenters. The maximum Gasteiger partial charge on any atom is 0.323 e. The molecule has 0 aromatic heterocycles. The molecule has 1 aliphatic rings. The normalized spacial score (nSPS) is 17.5. The van der Waals surface area contributed by atoms with Gasteiger partial charge in [-0.2, -0.15) is 0 Å².